The van der Waals surface area contributed by atoms with E-state index in [-0.39, 0.29) is 5.91 Å². The molecule has 1 N–H and O–H groups in total. The largest absolute Gasteiger partial charge is 0.385 e. The van der Waals surface area contributed by atoms with Gasteiger partial charge in [-0.3, -0.25) is 9.69 Å². The van der Waals surface area contributed by atoms with Crippen LogP contribution in [0.25, 0.3) is 0 Å². The average molecular weight is 379 g/mol. The molecule has 0 aromatic heterocycles. The number of para-hydroxylation sites is 1. The van der Waals surface area contributed by atoms with E-state index in [2.05, 4.69) is 51.5 Å². The fraction of sp³-hybridized carbons (Fsp3) is 0.435. The number of hydrogen-bond donors (Lipinski definition) is 1. The number of hydrogen-bond acceptors (Lipinski definition) is 4. The third-order valence-electron chi connectivity index (χ3n) is 5.92. The molecule has 2 heterocycles. The molecule has 5 nitrogen and oxygen atoms in total. The number of nitrogens with one attached hydrogen (secondary N) is 1. The molecule has 148 valence electrons. The molecular formula is C23H30N4O. The van der Waals surface area contributed by atoms with Crippen molar-refractivity contribution in [3.05, 3.63) is 59.7 Å². The standard InChI is InChI=1S/C23H30N4O/c1-25(23(28)21-9-5-11-22-20(21)10-6-12-24-22)13-14-26-15-17-27(18-16-26)19-7-3-2-4-8-19/h2-5,7-9,11,24H,6,10,12-18H2,1H3. The van der Waals surface area contributed by atoms with Gasteiger partial charge in [0.2, 0.25) is 0 Å². The van der Waals surface area contributed by atoms with Crippen LogP contribution >= 0.6 is 0 Å². The maximum Gasteiger partial charge on any atom is 0.253 e. The molecule has 0 aliphatic carbocycles. The summed E-state index contributed by atoms with van der Waals surface area (Å²) in [7, 11) is 1.93. The third-order valence-corrected chi connectivity index (χ3v) is 5.92. The van der Waals surface area contributed by atoms with Crippen LogP contribution in [0.2, 0.25) is 0 Å². The number of benzene rings is 2. The van der Waals surface area contributed by atoms with Crippen molar-refractivity contribution in [2.45, 2.75) is 12.8 Å². The first-order valence-corrected chi connectivity index (χ1v) is 10.4. The van der Waals surface area contributed by atoms with Gasteiger partial charge in [-0.2, -0.15) is 0 Å². The van der Waals surface area contributed by atoms with Crippen LogP contribution in [0.5, 0.6) is 0 Å². The van der Waals surface area contributed by atoms with E-state index in [9.17, 15) is 4.79 Å². The number of amides is 1. The van der Waals surface area contributed by atoms with E-state index in [0.29, 0.717) is 0 Å². The van der Waals surface area contributed by atoms with E-state index in [1.54, 1.807) is 0 Å². The summed E-state index contributed by atoms with van der Waals surface area (Å²) in [4.78, 5) is 19.8. The maximum absolute atomic E-state index is 13.0. The summed E-state index contributed by atoms with van der Waals surface area (Å²) in [5.41, 5.74) is 4.47. The first kappa shape index (κ1) is 18.8. The molecule has 0 atom stereocenters. The number of rotatable bonds is 5. The molecule has 2 aliphatic rings. The Bertz CT molecular complexity index is 800. The van der Waals surface area contributed by atoms with Gasteiger partial charge in [-0.1, -0.05) is 24.3 Å². The van der Waals surface area contributed by atoms with Crippen LogP contribution in [0, 0.1) is 0 Å². The van der Waals surface area contributed by atoms with Crippen LogP contribution in [0.3, 0.4) is 0 Å². The van der Waals surface area contributed by atoms with Crippen molar-refractivity contribution in [2.75, 3.05) is 63.1 Å². The van der Waals surface area contributed by atoms with E-state index >= 15 is 0 Å². The fourth-order valence-corrected chi connectivity index (χ4v) is 4.18. The van der Waals surface area contributed by atoms with Gasteiger partial charge in [0.1, 0.15) is 0 Å². The van der Waals surface area contributed by atoms with E-state index in [1.807, 2.05) is 24.1 Å². The Morgan fingerprint density at radius 3 is 2.61 bits per heavy atom. The first-order valence-electron chi connectivity index (χ1n) is 10.4. The molecule has 1 amide bonds. The molecule has 1 fully saturated rings. The van der Waals surface area contributed by atoms with Gasteiger partial charge in [-0.15, -0.1) is 0 Å². The minimum Gasteiger partial charge on any atom is -0.385 e. The number of likely N-dealkylation sites (N-methyl/N-ethyl adjacent to an activating group) is 1. The van der Waals surface area contributed by atoms with Crippen molar-refractivity contribution in [3.63, 3.8) is 0 Å². The molecule has 28 heavy (non-hydrogen) atoms. The Hall–Kier alpha value is -2.53. The Morgan fingerprint density at radius 2 is 1.82 bits per heavy atom. The Labute approximate surface area is 167 Å². The van der Waals surface area contributed by atoms with Crippen molar-refractivity contribution >= 4 is 17.3 Å². The lowest BCUT2D eigenvalue weighted by atomic mass is 9.97. The molecule has 0 bridgehead atoms. The number of carbonyl (C=O) groups excluding carboxylic acids is 1. The van der Waals surface area contributed by atoms with Crippen LogP contribution in [-0.2, 0) is 6.42 Å². The van der Waals surface area contributed by atoms with Gasteiger partial charge < -0.3 is 15.1 Å². The van der Waals surface area contributed by atoms with E-state index in [4.69, 9.17) is 0 Å². The molecular weight excluding hydrogens is 348 g/mol. The molecule has 0 saturated carbocycles. The van der Waals surface area contributed by atoms with Crippen molar-refractivity contribution in [2.24, 2.45) is 0 Å². The lowest BCUT2D eigenvalue weighted by molar-refractivity contribution is 0.0775. The highest BCUT2D eigenvalue weighted by Gasteiger charge is 2.21. The smallest absolute Gasteiger partial charge is 0.253 e. The van der Waals surface area contributed by atoms with Crippen molar-refractivity contribution in [1.82, 2.24) is 9.80 Å². The van der Waals surface area contributed by atoms with Crippen LogP contribution in [0.4, 0.5) is 11.4 Å². The van der Waals surface area contributed by atoms with Crippen LogP contribution < -0.4 is 10.2 Å². The molecule has 1 saturated heterocycles. The highest BCUT2D eigenvalue weighted by Crippen LogP contribution is 2.26. The average Bonchev–Trinajstić information content (AvgIpc) is 2.77. The van der Waals surface area contributed by atoms with Gasteiger partial charge in [0.25, 0.3) is 5.91 Å². The lowest BCUT2D eigenvalue weighted by Gasteiger charge is -2.36. The summed E-state index contributed by atoms with van der Waals surface area (Å²) in [5.74, 6) is 0.142. The number of carbonyl (C=O) groups is 1. The summed E-state index contributed by atoms with van der Waals surface area (Å²) >= 11 is 0. The second kappa shape index (κ2) is 8.65. The second-order valence-corrected chi connectivity index (χ2v) is 7.75. The Morgan fingerprint density at radius 1 is 1.04 bits per heavy atom. The van der Waals surface area contributed by atoms with Gasteiger partial charge in [-0.05, 0) is 42.7 Å². The zero-order valence-corrected chi connectivity index (χ0v) is 16.7. The van der Waals surface area contributed by atoms with E-state index < -0.39 is 0 Å². The van der Waals surface area contributed by atoms with Crippen molar-refractivity contribution in [3.8, 4) is 0 Å². The van der Waals surface area contributed by atoms with Crippen LogP contribution in [0.15, 0.2) is 48.5 Å². The molecule has 5 heteroatoms. The molecule has 2 aliphatic heterocycles. The summed E-state index contributed by atoms with van der Waals surface area (Å²) in [6, 6.07) is 16.7. The zero-order chi connectivity index (χ0) is 19.3. The molecule has 0 radical (unpaired) electrons. The van der Waals surface area contributed by atoms with Gasteiger partial charge in [0, 0.05) is 69.8 Å². The monoisotopic (exact) mass is 378 g/mol. The predicted molar refractivity (Wildman–Crippen MR) is 115 cm³/mol. The normalized spacial score (nSPS) is 17.0. The second-order valence-electron chi connectivity index (χ2n) is 7.75. The van der Waals surface area contributed by atoms with Gasteiger partial charge in [-0.25, -0.2) is 0 Å². The SMILES string of the molecule is CN(CCN1CCN(c2ccccc2)CC1)C(=O)c1cccc2c1CCCN2. The van der Waals surface area contributed by atoms with Gasteiger partial charge in [0.05, 0.1) is 0 Å². The highest BCUT2D eigenvalue weighted by molar-refractivity contribution is 5.97. The van der Waals surface area contributed by atoms with Gasteiger partial charge >= 0.3 is 0 Å². The molecule has 0 unspecified atom stereocenters. The lowest BCUT2D eigenvalue weighted by Crippen LogP contribution is -2.48. The van der Waals surface area contributed by atoms with Crippen LogP contribution in [0.1, 0.15) is 22.3 Å². The molecule has 2 aromatic carbocycles. The number of piperazine rings is 1. The first-order chi connectivity index (χ1) is 13.7. The van der Waals surface area contributed by atoms with Crippen molar-refractivity contribution in [1.29, 1.82) is 0 Å². The molecule has 4 rings (SSSR count). The number of nitrogens with zero attached hydrogens (tertiary/aromatic N) is 3. The Kier molecular flexibility index (Phi) is 5.81. The molecule has 2 aromatic rings. The number of fused-ring (bicyclic) bond motifs is 1. The third kappa shape index (κ3) is 4.14. The van der Waals surface area contributed by atoms with E-state index in [1.165, 1.54) is 11.3 Å². The zero-order valence-electron chi connectivity index (χ0n) is 16.7. The summed E-state index contributed by atoms with van der Waals surface area (Å²) in [5, 5.41) is 3.41. The number of anilines is 2. The predicted octanol–water partition coefficient (Wildman–Crippen LogP) is 2.94. The summed E-state index contributed by atoms with van der Waals surface area (Å²) in [6.45, 7) is 6.86. The quantitative estimate of drug-likeness (QED) is 0.868. The van der Waals surface area contributed by atoms with Crippen molar-refractivity contribution < 1.29 is 4.79 Å². The maximum atomic E-state index is 13.0. The topological polar surface area (TPSA) is 38.8 Å². The fourth-order valence-electron chi connectivity index (χ4n) is 4.18. The Balaban J connectivity index is 1.29. The summed E-state index contributed by atoms with van der Waals surface area (Å²) < 4.78 is 0. The van der Waals surface area contributed by atoms with Gasteiger partial charge in [0.15, 0.2) is 0 Å². The summed E-state index contributed by atoms with van der Waals surface area (Å²) in [6.07, 6.45) is 2.08. The van der Waals surface area contributed by atoms with E-state index in [0.717, 1.165) is 69.9 Å². The molecule has 0 spiro atoms. The minimum absolute atomic E-state index is 0.142. The minimum atomic E-state index is 0.142. The highest BCUT2D eigenvalue weighted by atomic mass is 16.2. The van der Waals surface area contributed by atoms with Crippen LogP contribution in [-0.4, -0.2) is 68.6 Å².